The number of anilines is 3. The van der Waals surface area contributed by atoms with Crippen molar-refractivity contribution in [2.24, 2.45) is 0 Å². The lowest BCUT2D eigenvalue weighted by Crippen LogP contribution is -2.20. The maximum atomic E-state index is 12.1. The van der Waals surface area contributed by atoms with E-state index < -0.39 is 0 Å². The molecule has 1 aliphatic heterocycles. The topological polar surface area (TPSA) is 70.7 Å². The predicted octanol–water partition coefficient (Wildman–Crippen LogP) is 3.25. The summed E-state index contributed by atoms with van der Waals surface area (Å²) in [4.78, 5) is 25.4. The molecule has 2 aromatic carbocycles. The molecular weight excluding hydrogens is 306 g/mol. The average Bonchev–Trinajstić information content (AvgIpc) is 2.83. The van der Waals surface area contributed by atoms with Gasteiger partial charge in [0, 0.05) is 24.1 Å². The van der Waals surface area contributed by atoms with E-state index in [4.69, 9.17) is 4.74 Å². The number of likely N-dealkylation sites (N-methyl/N-ethyl adjacent to an activating group) is 1. The minimum absolute atomic E-state index is 0.0565. The van der Waals surface area contributed by atoms with Crippen molar-refractivity contribution in [2.45, 2.75) is 13.3 Å². The lowest BCUT2D eigenvalue weighted by Gasteiger charge is -2.12. The largest absolute Gasteiger partial charge is 0.494 e. The Balaban J connectivity index is 1.63. The zero-order valence-corrected chi connectivity index (χ0v) is 13.6. The molecule has 24 heavy (non-hydrogen) atoms. The van der Waals surface area contributed by atoms with Crippen LogP contribution >= 0.6 is 0 Å². The van der Waals surface area contributed by atoms with Crippen LogP contribution in [0.15, 0.2) is 42.5 Å². The van der Waals surface area contributed by atoms with E-state index in [1.807, 2.05) is 19.1 Å². The van der Waals surface area contributed by atoms with Crippen LogP contribution in [0.25, 0.3) is 0 Å². The quantitative estimate of drug-likeness (QED) is 0.906. The Morgan fingerprint density at radius 3 is 2.50 bits per heavy atom. The van der Waals surface area contributed by atoms with E-state index in [2.05, 4.69) is 10.6 Å². The number of ether oxygens (including phenoxy) is 1. The van der Waals surface area contributed by atoms with E-state index in [1.165, 1.54) is 0 Å². The Bertz CT molecular complexity index is 772. The second-order valence-corrected chi connectivity index (χ2v) is 5.51. The van der Waals surface area contributed by atoms with Gasteiger partial charge in [0.15, 0.2) is 0 Å². The monoisotopic (exact) mass is 325 g/mol. The van der Waals surface area contributed by atoms with Crippen LogP contribution in [0, 0.1) is 0 Å². The van der Waals surface area contributed by atoms with Gasteiger partial charge in [-0.15, -0.1) is 0 Å². The van der Waals surface area contributed by atoms with E-state index >= 15 is 0 Å². The lowest BCUT2D eigenvalue weighted by molar-refractivity contribution is -0.117. The number of hydrogen-bond acceptors (Lipinski definition) is 3. The van der Waals surface area contributed by atoms with Gasteiger partial charge in [-0.25, -0.2) is 4.79 Å². The SMILES string of the molecule is CCOc1ccc(NC(=O)Nc2ccc3c(c2)CC(=O)N3C)cc1. The Morgan fingerprint density at radius 2 is 1.79 bits per heavy atom. The number of nitrogens with one attached hydrogen (secondary N) is 2. The molecule has 2 N–H and O–H groups in total. The standard InChI is InChI=1S/C18H19N3O3/c1-3-24-15-7-4-13(5-8-15)19-18(23)20-14-6-9-16-12(10-14)11-17(22)21(16)2/h4-10H,3,11H2,1-2H3,(H2,19,20,23). The van der Waals surface area contributed by atoms with Gasteiger partial charge < -0.3 is 20.3 Å². The number of fused-ring (bicyclic) bond motifs is 1. The first-order valence-electron chi connectivity index (χ1n) is 7.77. The number of carbonyl (C=O) groups excluding carboxylic acids is 2. The Labute approximate surface area is 140 Å². The predicted molar refractivity (Wildman–Crippen MR) is 93.8 cm³/mol. The molecule has 124 valence electrons. The molecule has 3 rings (SSSR count). The summed E-state index contributed by atoms with van der Waals surface area (Å²) in [7, 11) is 1.75. The normalized spacial score (nSPS) is 12.8. The van der Waals surface area contributed by atoms with E-state index in [9.17, 15) is 9.59 Å². The zero-order valence-electron chi connectivity index (χ0n) is 13.6. The first-order chi connectivity index (χ1) is 11.6. The third-order valence-corrected chi connectivity index (χ3v) is 3.84. The molecule has 0 spiro atoms. The van der Waals surface area contributed by atoms with Crippen LogP contribution in [-0.4, -0.2) is 25.6 Å². The van der Waals surface area contributed by atoms with Crippen molar-refractivity contribution in [1.29, 1.82) is 0 Å². The number of urea groups is 1. The molecule has 0 unspecified atom stereocenters. The fourth-order valence-electron chi connectivity index (χ4n) is 2.64. The van der Waals surface area contributed by atoms with Crippen LogP contribution in [0.5, 0.6) is 5.75 Å². The highest BCUT2D eigenvalue weighted by Gasteiger charge is 2.23. The van der Waals surface area contributed by atoms with Crippen LogP contribution in [0.3, 0.4) is 0 Å². The number of rotatable bonds is 4. The second-order valence-electron chi connectivity index (χ2n) is 5.51. The number of carbonyl (C=O) groups is 2. The maximum Gasteiger partial charge on any atom is 0.323 e. The molecule has 0 aromatic heterocycles. The Morgan fingerprint density at radius 1 is 1.12 bits per heavy atom. The number of benzene rings is 2. The molecule has 0 saturated carbocycles. The second kappa shape index (κ2) is 6.62. The number of nitrogens with zero attached hydrogens (tertiary/aromatic N) is 1. The number of amides is 3. The summed E-state index contributed by atoms with van der Waals surface area (Å²) in [6.45, 7) is 2.52. The summed E-state index contributed by atoms with van der Waals surface area (Å²) < 4.78 is 5.36. The third-order valence-electron chi connectivity index (χ3n) is 3.84. The minimum atomic E-state index is -0.336. The minimum Gasteiger partial charge on any atom is -0.494 e. The molecule has 0 radical (unpaired) electrons. The van der Waals surface area contributed by atoms with E-state index in [-0.39, 0.29) is 11.9 Å². The third kappa shape index (κ3) is 3.32. The summed E-state index contributed by atoms with van der Waals surface area (Å²) in [6.07, 6.45) is 0.363. The summed E-state index contributed by atoms with van der Waals surface area (Å²) in [5, 5.41) is 5.54. The van der Waals surface area contributed by atoms with Gasteiger partial charge >= 0.3 is 6.03 Å². The molecule has 6 nitrogen and oxygen atoms in total. The Hall–Kier alpha value is -3.02. The van der Waals surface area contributed by atoms with Crippen molar-refractivity contribution in [3.8, 4) is 5.75 Å². The first kappa shape index (κ1) is 15.9. The van der Waals surface area contributed by atoms with Crippen molar-refractivity contribution in [1.82, 2.24) is 0 Å². The van der Waals surface area contributed by atoms with Crippen LogP contribution in [-0.2, 0) is 11.2 Å². The van der Waals surface area contributed by atoms with Crippen molar-refractivity contribution in [2.75, 3.05) is 29.2 Å². The summed E-state index contributed by atoms with van der Waals surface area (Å²) in [6, 6.07) is 12.3. The van der Waals surface area contributed by atoms with Crippen molar-refractivity contribution < 1.29 is 14.3 Å². The van der Waals surface area contributed by atoms with E-state index in [0.29, 0.717) is 24.4 Å². The summed E-state index contributed by atoms with van der Waals surface area (Å²) in [5.74, 6) is 0.817. The van der Waals surface area contributed by atoms with Gasteiger partial charge in [0.2, 0.25) is 5.91 Å². The van der Waals surface area contributed by atoms with Crippen LogP contribution in [0.1, 0.15) is 12.5 Å². The molecule has 3 amide bonds. The molecule has 2 aromatic rings. The van der Waals surface area contributed by atoms with E-state index in [0.717, 1.165) is 17.0 Å². The maximum absolute atomic E-state index is 12.1. The smallest absolute Gasteiger partial charge is 0.323 e. The molecule has 0 fully saturated rings. The molecule has 1 aliphatic rings. The average molecular weight is 325 g/mol. The first-order valence-corrected chi connectivity index (χ1v) is 7.77. The molecule has 0 saturated heterocycles. The van der Waals surface area contributed by atoms with Crippen molar-refractivity contribution in [3.05, 3.63) is 48.0 Å². The van der Waals surface area contributed by atoms with Crippen molar-refractivity contribution >= 4 is 29.0 Å². The van der Waals surface area contributed by atoms with Gasteiger partial charge in [-0.3, -0.25) is 4.79 Å². The Kier molecular flexibility index (Phi) is 4.37. The van der Waals surface area contributed by atoms with Gasteiger partial charge in [0.25, 0.3) is 0 Å². The van der Waals surface area contributed by atoms with Gasteiger partial charge in [0.05, 0.1) is 13.0 Å². The molecule has 6 heteroatoms. The zero-order chi connectivity index (χ0) is 17.1. The highest BCUT2D eigenvalue weighted by Crippen LogP contribution is 2.30. The van der Waals surface area contributed by atoms with Crippen LogP contribution in [0.4, 0.5) is 21.9 Å². The highest BCUT2D eigenvalue weighted by molar-refractivity contribution is 6.03. The van der Waals surface area contributed by atoms with Crippen LogP contribution in [0.2, 0.25) is 0 Å². The number of hydrogen-bond donors (Lipinski definition) is 2. The van der Waals surface area contributed by atoms with Crippen molar-refractivity contribution in [3.63, 3.8) is 0 Å². The molecule has 0 aliphatic carbocycles. The fraction of sp³-hybridized carbons (Fsp3) is 0.222. The summed E-state index contributed by atoms with van der Waals surface area (Å²) in [5.41, 5.74) is 3.13. The van der Waals surface area contributed by atoms with E-state index in [1.54, 1.807) is 42.3 Å². The highest BCUT2D eigenvalue weighted by atomic mass is 16.5. The van der Waals surface area contributed by atoms with Crippen LogP contribution < -0.4 is 20.3 Å². The van der Waals surface area contributed by atoms with Gasteiger partial charge in [-0.2, -0.15) is 0 Å². The van der Waals surface area contributed by atoms with Gasteiger partial charge in [-0.05, 0) is 55.0 Å². The molecular formula is C18H19N3O3. The molecule has 0 atom stereocenters. The molecule has 0 bridgehead atoms. The fourth-order valence-corrected chi connectivity index (χ4v) is 2.64. The van der Waals surface area contributed by atoms with Gasteiger partial charge in [0.1, 0.15) is 5.75 Å². The summed E-state index contributed by atoms with van der Waals surface area (Å²) >= 11 is 0. The lowest BCUT2D eigenvalue weighted by atomic mass is 10.1. The van der Waals surface area contributed by atoms with Gasteiger partial charge in [-0.1, -0.05) is 0 Å². The molecule has 1 heterocycles.